The molecule has 26 heavy (non-hydrogen) atoms. The van der Waals surface area contributed by atoms with E-state index in [-0.39, 0.29) is 28.7 Å². The smallest absolute Gasteiger partial charge is 0.310 e. The zero-order chi connectivity index (χ0) is 18.9. The van der Waals surface area contributed by atoms with Crippen molar-refractivity contribution >= 4 is 34.5 Å². The van der Waals surface area contributed by atoms with Crippen LogP contribution in [0.15, 0.2) is 40.5 Å². The maximum Gasteiger partial charge on any atom is 0.433 e. The lowest BCUT2D eigenvalue weighted by Gasteiger charge is -2.13. The molecule has 2 aromatic heterocycles. The van der Waals surface area contributed by atoms with Gasteiger partial charge in [-0.3, -0.25) is 4.79 Å². The second-order valence-electron chi connectivity index (χ2n) is 5.52. The fourth-order valence-corrected chi connectivity index (χ4v) is 3.49. The van der Waals surface area contributed by atoms with Gasteiger partial charge in [0.25, 0.3) is 5.56 Å². The fourth-order valence-electron chi connectivity index (χ4n) is 2.46. The molecule has 0 amide bonds. The third-order valence-corrected chi connectivity index (χ3v) is 5.24. The van der Waals surface area contributed by atoms with E-state index in [1.165, 1.54) is 29.5 Å². The maximum atomic E-state index is 13.5. The van der Waals surface area contributed by atoms with Gasteiger partial charge in [0.1, 0.15) is 5.82 Å². The van der Waals surface area contributed by atoms with Gasteiger partial charge in [-0.1, -0.05) is 35.3 Å². The number of halogens is 5. The van der Waals surface area contributed by atoms with Crippen LogP contribution in [0.25, 0.3) is 0 Å². The molecule has 3 aromatic rings. The molecule has 2 heterocycles. The molecule has 0 radical (unpaired) electrons. The number of H-pyrrole nitrogens is 1. The molecule has 3 rings (SSSR count). The predicted molar refractivity (Wildman–Crippen MR) is 96.3 cm³/mol. The van der Waals surface area contributed by atoms with Crippen molar-refractivity contribution in [3.05, 3.63) is 83.6 Å². The van der Waals surface area contributed by atoms with Crippen molar-refractivity contribution in [3.8, 4) is 0 Å². The van der Waals surface area contributed by atoms with Crippen LogP contribution in [0.4, 0.5) is 13.2 Å². The van der Waals surface area contributed by atoms with E-state index in [4.69, 9.17) is 23.2 Å². The Balaban J connectivity index is 2.03. The first kappa shape index (κ1) is 18.9. The Morgan fingerprint density at radius 3 is 2.50 bits per heavy atom. The van der Waals surface area contributed by atoms with Gasteiger partial charge in [0.2, 0.25) is 0 Å². The van der Waals surface area contributed by atoms with Crippen LogP contribution in [-0.2, 0) is 19.0 Å². The van der Waals surface area contributed by atoms with Crippen molar-refractivity contribution in [3.63, 3.8) is 0 Å². The van der Waals surface area contributed by atoms with Crippen molar-refractivity contribution in [2.24, 2.45) is 0 Å². The number of aromatic nitrogens is 2. The third kappa shape index (κ3) is 4.28. The van der Waals surface area contributed by atoms with Gasteiger partial charge in [-0.25, -0.2) is 4.98 Å². The first-order chi connectivity index (χ1) is 12.2. The second-order valence-corrected chi connectivity index (χ2v) is 7.37. The summed E-state index contributed by atoms with van der Waals surface area (Å²) in [6, 6.07) is 7.97. The van der Waals surface area contributed by atoms with E-state index in [0.717, 1.165) is 4.88 Å². The quantitative estimate of drug-likeness (QED) is 0.621. The summed E-state index contributed by atoms with van der Waals surface area (Å²) in [5, 5.41) is 2.29. The first-order valence-corrected chi connectivity index (χ1v) is 9.03. The average molecular weight is 419 g/mol. The number of rotatable bonds is 4. The highest BCUT2D eigenvalue weighted by molar-refractivity contribution is 7.09. The topological polar surface area (TPSA) is 45.8 Å². The summed E-state index contributed by atoms with van der Waals surface area (Å²) >= 11 is 13.1. The zero-order valence-electron chi connectivity index (χ0n) is 13.0. The van der Waals surface area contributed by atoms with E-state index >= 15 is 0 Å². The standard InChI is InChI=1S/C17H11Cl2F3N2OS/c18-12-4-3-9(7-13(12)19)6-11-15(17(20,21)22)23-14(24-16(11)25)8-10-2-1-5-26-10/h1-5,7H,6,8H2,(H,23,24,25). The number of hydrogen-bond acceptors (Lipinski definition) is 3. The van der Waals surface area contributed by atoms with Crippen LogP contribution in [-0.4, -0.2) is 9.97 Å². The van der Waals surface area contributed by atoms with Crippen LogP contribution in [0, 0.1) is 0 Å². The van der Waals surface area contributed by atoms with Gasteiger partial charge < -0.3 is 4.98 Å². The van der Waals surface area contributed by atoms with Gasteiger partial charge in [-0.2, -0.15) is 13.2 Å². The average Bonchev–Trinajstić information content (AvgIpc) is 3.05. The van der Waals surface area contributed by atoms with Crippen LogP contribution in [0.5, 0.6) is 0 Å². The number of thiophene rings is 1. The van der Waals surface area contributed by atoms with Crippen molar-refractivity contribution in [2.75, 3.05) is 0 Å². The number of nitrogens with zero attached hydrogens (tertiary/aromatic N) is 1. The largest absolute Gasteiger partial charge is 0.433 e. The summed E-state index contributed by atoms with van der Waals surface area (Å²) in [5.41, 5.74) is -2.02. The lowest BCUT2D eigenvalue weighted by Crippen LogP contribution is -2.25. The fraction of sp³-hybridized carbons (Fsp3) is 0.176. The summed E-state index contributed by atoms with van der Waals surface area (Å²) in [6.07, 6.45) is -4.87. The van der Waals surface area contributed by atoms with Crippen molar-refractivity contribution in [2.45, 2.75) is 19.0 Å². The molecule has 0 aliphatic heterocycles. The Hall–Kier alpha value is -1.83. The lowest BCUT2D eigenvalue weighted by molar-refractivity contribution is -0.142. The summed E-state index contributed by atoms with van der Waals surface area (Å²) in [5.74, 6) is -0.0253. The number of benzene rings is 1. The molecule has 0 fully saturated rings. The normalized spacial score (nSPS) is 11.7. The van der Waals surface area contributed by atoms with Crippen molar-refractivity contribution in [1.29, 1.82) is 0 Å². The summed E-state index contributed by atoms with van der Waals surface area (Å²) in [4.78, 5) is 19.3. The van der Waals surface area contributed by atoms with E-state index in [9.17, 15) is 18.0 Å². The van der Waals surface area contributed by atoms with E-state index < -0.39 is 23.0 Å². The molecule has 0 atom stereocenters. The molecular formula is C17H11Cl2F3N2OS. The number of hydrogen-bond donors (Lipinski definition) is 1. The van der Waals surface area contributed by atoms with Crippen LogP contribution in [0.3, 0.4) is 0 Å². The van der Waals surface area contributed by atoms with Crippen LogP contribution >= 0.6 is 34.5 Å². The molecule has 0 aliphatic carbocycles. The van der Waals surface area contributed by atoms with E-state index in [0.29, 0.717) is 5.56 Å². The van der Waals surface area contributed by atoms with Gasteiger partial charge in [-0.15, -0.1) is 11.3 Å². The van der Waals surface area contributed by atoms with Crippen molar-refractivity contribution in [1.82, 2.24) is 9.97 Å². The molecule has 0 spiro atoms. The summed E-state index contributed by atoms with van der Waals surface area (Å²) in [7, 11) is 0. The Labute approximate surface area is 160 Å². The minimum absolute atomic E-state index is 0.0253. The molecule has 136 valence electrons. The zero-order valence-corrected chi connectivity index (χ0v) is 15.4. The predicted octanol–water partition coefficient (Wildman–Crippen LogP) is 5.34. The number of aromatic amines is 1. The van der Waals surface area contributed by atoms with Gasteiger partial charge >= 0.3 is 6.18 Å². The van der Waals surface area contributed by atoms with Crippen molar-refractivity contribution < 1.29 is 13.2 Å². The lowest BCUT2D eigenvalue weighted by atomic mass is 10.0. The minimum Gasteiger partial charge on any atom is -0.310 e. The highest BCUT2D eigenvalue weighted by Gasteiger charge is 2.37. The molecule has 9 heteroatoms. The molecule has 0 bridgehead atoms. The van der Waals surface area contributed by atoms with E-state index in [1.54, 1.807) is 17.5 Å². The minimum atomic E-state index is -4.75. The van der Waals surface area contributed by atoms with E-state index in [1.807, 2.05) is 0 Å². The Bertz CT molecular complexity index is 985. The van der Waals surface area contributed by atoms with Crippen LogP contribution in [0.2, 0.25) is 10.0 Å². The summed E-state index contributed by atoms with van der Waals surface area (Å²) in [6.45, 7) is 0. The Morgan fingerprint density at radius 2 is 1.88 bits per heavy atom. The monoisotopic (exact) mass is 418 g/mol. The van der Waals surface area contributed by atoms with Crippen LogP contribution < -0.4 is 5.56 Å². The molecule has 1 aromatic carbocycles. The Kier molecular flexibility index (Phi) is 5.41. The maximum absolute atomic E-state index is 13.5. The second kappa shape index (κ2) is 7.42. The van der Waals surface area contributed by atoms with E-state index in [2.05, 4.69) is 9.97 Å². The van der Waals surface area contributed by atoms with Gasteiger partial charge in [-0.05, 0) is 29.1 Å². The highest BCUT2D eigenvalue weighted by Crippen LogP contribution is 2.31. The number of nitrogens with one attached hydrogen (secondary N) is 1. The van der Waals surface area contributed by atoms with Gasteiger partial charge in [0, 0.05) is 17.7 Å². The summed E-state index contributed by atoms with van der Waals surface area (Å²) < 4.78 is 40.4. The van der Waals surface area contributed by atoms with Gasteiger partial charge in [0.05, 0.1) is 15.6 Å². The molecule has 3 nitrogen and oxygen atoms in total. The molecule has 1 N–H and O–H groups in total. The SMILES string of the molecule is O=c1[nH]c(Cc2cccs2)nc(C(F)(F)F)c1Cc1ccc(Cl)c(Cl)c1. The first-order valence-electron chi connectivity index (χ1n) is 7.39. The van der Waals surface area contributed by atoms with Gasteiger partial charge in [0.15, 0.2) is 5.69 Å². The molecule has 0 aliphatic rings. The Morgan fingerprint density at radius 1 is 1.12 bits per heavy atom. The number of alkyl halides is 3. The molecule has 0 saturated heterocycles. The highest BCUT2D eigenvalue weighted by atomic mass is 35.5. The molecule has 0 unspecified atom stereocenters. The molecule has 0 saturated carbocycles. The molecular weight excluding hydrogens is 408 g/mol. The third-order valence-electron chi connectivity index (χ3n) is 3.62. The van der Waals surface area contributed by atoms with Crippen LogP contribution in [0.1, 0.15) is 27.5 Å².